The number of aliphatic imine (C=N–C) groups is 1. The Labute approximate surface area is 162 Å². The van der Waals surface area contributed by atoms with Gasteiger partial charge in [-0.25, -0.2) is 9.98 Å². The third-order valence-corrected chi connectivity index (χ3v) is 4.78. The molecule has 2 aromatic carbocycles. The molecule has 1 unspecified atom stereocenters. The molecule has 0 radical (unpaired) electrons. The summed E-state index contributed by atoms with van der Waals surface area (Å²) in [5, 5.41) is 2.65. The smallest absolute Gasteiger partial charge is 0.207 e. The van der Waals surface area contributed by atoms with Crippen LogP contribution in [0.5, 0.6) is 0 Å². The lowest BCUT2D eigenvalue weighted by atomic mass is 9.99. The summed E-state index contributed by atoms with van der Waals surface area (Å²) in [6.45, 7) is 2.44. The fourth-order valence-electron chi connectivity index (χ4n) is 2.57. The quantitative estimate of drug-likeness (QED) is 0.518. The highest BCUT2D eigenvalue weighted by atomic mass is 32.2. The number of carbonyl (C=O) groups excluding carboxylic acids is 1. The number of hydrogen-bond donors (Lipinski definition) is 2. The zero-order chi connectivity index (χ0) is 18.9. The first kappa shape index (κ1) is 18.7. The lowest BCUT2D eigenvalue weighted by Crippen LogP contribution is -2.21. The Hall–Kier alpha value is -3.06. The molecule has 2 N–H and O–H groups in total. The van der Waals surface area contributed by atoms with Gasteiger partial charge in [0.05, 0.1) is 22.7 Å². The van der Waals surface area contributed by atoms with Crippen LogP contribution in [0.3, 0.4) is 0 Å². The number of nitrogens with one attached hydrogen (secondary N) is 2. The number of rotatable bonds is 5. The number of nitrogens with zero attached hydrogens (tertiary/aromatic N) is 2. The molecule has 1 atom stereocenters. The molecule has 6 nitrogen and oxygen atoms in total. The first-order valence-electron chi connectivity index (χ1n) is 8.46. The summed E-state index contributed by atoms with van der Waals surface area (Å²) in [6.07, 6.45) is 3.82. The Morgan fingerprint density at radius 2 is 1.96 bits per heavy atom. The lowest BCUT2D eigenvalue weighted by molar-refractivity contribution is -0.109. The van der Waals surface area contributed by atoms with Crippen molar-refractivity contribution >= 4 is 29.9 Å². The monoisotopic (exact) mass is 380 g/mol. The highest BCUT2D eigenvalue weighted by molar-refractivity contribution is 7.98. The molecule has 138 valence electrons. The van der Waals surface area contributed by atoms with Gasteiger partial charge in [0.2, 0.25) is 12.3 Å². The molecule has 0 fully saturated rings. The van der Waals surface area contributed by atoms with Crippen molar-refractivity contribution in [2.45, 2.75) is 17.7 Å². The molecular weight excluding hydrogens is 360 g/mol. The average Bonchev–Trinajstić information content (AvgIpc) is 3.24. The van der Waals surface area contributed by atoms with Gasteiger partial charge in [-0.2, -0.15) is 0 Å². The zero-order valence-electron chi connectivity index (χ0n) is 14.8. The van der Waals surface area contributed by atoms with E-state index in [2.05, 4.69) is 26.1 Å². The highest BCUT2D eigenvalue weighted by Gasteiger charge is 2.17. The molecule has 4 rings (SSSR count). The second kappa shape index (κ2) is 9.59. The predicted octanol–water partition coefficient (Wildman–Crippen LogP) is 3.90. The van der Waals surface area contributed by atoms with Gasteiger partial charge in [-0.3, -0.25) is 4.79 Å². The first-order chi connectivity index (χ1) is 13.3. The van der Waals surface area contributed by atoms with Crippen LogP contribution >= 0.6 is 11.9 Å². The first-order valence-corrected chi connectivity index (χ1v) is 9.28. The summed E-state index contributed by atoms with van der Waals surface area (Å²) >= 11 is 1.62. The predicted molar refractivity (Wildman–Crippen MR) is 107 cm³/mol. The third-order valence-electron chi connectivity index (χ3n) is 3.82. The molecule has 1 aliphatic heterocycles. The van der Waals surface area contributed by atoms with E-state index in [1.165, 1.54) is 11.2 Å². The highest BCUT2D eigenvalue weighted by Crippen LogP contribution is 2.30. The zero-order valence-corrected chi connectivity index (χ0v) is 15.6. The molecule has 1 aromatic heterocycles. The standard InChI is InChI=1S/C12H12N2O2.C8H8N2S/c15-9-13-8-11(12-14-6-7-16-12)10-4-2-1-3-5-10;1-6-9-7-4-2-3-5-8(7)11-10-6/h1-7,9,11H,8H2,(H,13,15);2-5H,1H3,(H,9,10). The number of hydrogen-bond acceptors (Lipinski definition) is 6. The van der Waals surface area contributed by atoms with Gasteiger partial charge in [-0.15, -0.1) is 0 Å². The molecule has 1 amide bonds. The van der Waals surface area contributed by atoms with Gasteiger partial charge in [0.25, 0.3) is 0 Å². The Morgan fingerprint density at radius 1 is 1.19 bits per heavy atom. The molecule has 0 saturated heterocycles. The summed E-state index contributed by atoms with van der Waals surface area (Å²) in [6, 6.07) is 17.9. The van der Waals surface area contributed by atoms with E-state index >= 15 is 0 Å². The number of oxazole rings is 1. The molecule has 0 spiro atoms. The van der Waals surface area contributed by atoms with E-state index in [-0.39, 0.29) is 5.92 Å². The minimum absolute atomic E-state index is 0.0404. The largest absolute Gasteiger partial charge is 0.448 e. The van der Waals surface area contributed by atoms with Crippen LogP contribution in [0, 0.1) is 0 Å². The molecule has 3 aromatic rings. The van der Waals surface area contributed by atoms with Crippen molar-refractivity contribution in [3.8, 4) is 0 Å². The van der Waals surface area contributed by atoms with Crippen molar-refractivity contribution in [2.75, 3.05) is 6.54 Å². The van der Waals surface area contributed by atoms with Gasteiger partial charge in [-0.1, -0.05) is 42.5 Å². The van der Waals surface area contributed by atoms with Crippen molar-refractivity contribution in [1.29, 1.82) is 0 Å². The third kappa shape index (κ3) is 5.21. The Bertz CT molecular complexity index is 882. The maximum absolute atomic E-state index is 10.3. The van der Waals surface area contributed by atoms with Gasteiger partial charge in [-0.05, 0) is 36.6 Å². The molecule has 0 saturated carbocycles. The number of carbonyl (C=O) groups is 1. The van der Waals surface area contributed by atoms with E-state index in [4.69, 9.17) is 4.42 Å². The molecule has 0 bridgehead atoms. The second-order valence-corrected chi connectivity index (χ2v) is 6.58. The van der Waals surface area contributed by atoms with Crippen LogP contribution in [-0.4, -0.2) is 23.8 Å². The lowest BCUT2D eigenvalue weighted by Gasteiger charge is -2.12. The minimum Gasteiger partial charge on any atom is -0.448 e. The summed E-state index contributed by atoms with van der Waals surface area (Å²) in [5.74, 6) is 1.54. The summed E-state index contributed by atoms with van der Waals surface area (Å²) in [4.78, 5) is 20.0. The fourth-order valence-corrected chi connectivity index (χ4v) is 3.24. The number of aromatic nitrogens is 1. The van der Waals surface area contributed by atoms with Gasteiger partial charge in [0, 0.05) is 6.54 Å². The van der Waals surface area contributed by atoms with Crippen LogP contribution in [0.2, 0.25) is 0 Å². The van der Waals surface area contributed by atoms with Gasteiger partial charge in [0.1, 0.15) is 12.1 Å². The average molecular weight is 380 g/mol. The number of amides is 1. The maximum Gasteiger partial charge on any atom is 0.207 e. The Balaban J connectivity index is 0.000000166. The van der Waals surface area contributed by atoms with Crippen LogP contribution in [0.25, 0.3) is 0 Å². The van der Waals surface area contributed by atoms with Crippen molar-refractivity contribution in [3.63, 3.8) is 0 Å². The van der Waals surface area contributed by atoms with Crippen molar-refractivity contribution in [2.24, 2.45) is 4.99 Å². The SMILES string of the molecule is CC1=Nc2ccccc2SN1.O=CNCC(c1ccccc1)c1ncco1. The summed E-state index contributed by atoms with van der Waals surface area (Å²) in [5.41, 5.74) is 2.13. The number of para-hydroxylation sites is 1. The molecule has 27 heavy (non-hydrogen) atoms. The van der Waals surface area contributed by atoms with Gasteiger partial charge < -0.3 is 14.5 Å². The van der Waals surface area contributed by atoms with E-state index < -0.39 is 0 Å². The topological polar surface area (TPSA) is 79.5 Å². The van der Waals surface area contributed by atoms with Crippen LogP contribution in [-0.2, 0) is 4.79 Å². The van der Waals surface area contributed by atoms with E-state index in [0.717, 1.165) is 17.1 Å². The van der Waals surface area contributed by atoms with Crippen molar-refractivity contribution in [1.82, 2.24) is 15.0 Å². The van der Waals surface area contributed by atoms with Gasteiger partial charge >= 0.3 is 0 Å². The summed E-state index contributed by atoms with van der Waals surface area (Å²) < 4.78 is 8.38. The van der Waals surface area contributed by atoms with Gasteiger partial charge in [0.15, 0.2) is 0 Å². The van der Waals surface area contributed by atoms with Crippen molar-refractivity contribution in [3.05, 3.63) is 78.5 Å². The maximum atomic E-state index is 10.3. The molecular formula is C20H20N4O2S. The van der Waals surface area contributed by atoms with Crippen LogP contribution in [0.15, 0.2) is 81.4 Å². The Kier molecular flexibility index (Phi) is 6.65. The second-order valence-electron chi connectivity index (χ2n) is 5.73. The molecule has 7 heteroatoms. The molecule has 2 heterocycles. The van der Waals surface area contributed by atoms with Crippen LogP contribution in [0.4, 0.5) is 5.69 Å². The van der Waals surface area contributed by atoms with E-state index in [9.17, 15) is 4.79 Å². The van der Waals surface area contributed by atoms with E-state index in [0.29, 0.717) is 18.8 Å². The minimum atomic E-state index is -0.0404. The normalized spacial score (nSPS) is 13.1. The number of amidine groups is 1. The number of fused-ring (bicyclic) bond motifs is 1. The Morgan fingerprint density at radius 3 is 2.70 bits per heavy atom. The summed E-state index contributed by atoms with van der Waals surface area (Å²) in [7, 11) is 0. The van der Waals surface area contributed by atoms with Crippen LogP contribution in [0.1, 0.15) is 24.3 Å². The van der Waals surface area contributed by atoms with E-state index in [1.54, 1.807) is 18.1 Å². The van der Waals surface area contributed by atoms with Crippen LogP contribution < -0.4 is 10.0 Å². The molecule has 0 aliphatic carbocycles. The molecule has 1 aliphatic rings. The fraction of sp³-hybridized carbons (Fsp3) is 0.150. The number of benzene rings is 2. The van der Waals surface area contributed by atoms with Crippen molar-refractivity contribution < 1.29 is 9.21 Å². The van der Waals surface area contributed by atoms with E-state index in [1.807, 2.05) is 55.5 Å².